The van der Waals surface area contributed by atoms with Gasteiger partial charge in [0, 0.05) is 19.6 Å². The van der Waals surface area contributed by atoms with Crippen LogP contribution < -0.4 is 10.2 Å². The third-order valence-corrected chi connectivity index (χ3v) is 2.87. The van der Waals surface area contributed by atoms with Crippen LogP contribution in [0.5, 0.6) is 0 Å². The molecule has 82 valence electrons. The molecule has 0 fully saturated rings. The highest BCUT2D eigenvalue weighted by Crippen LogP contribution is 2.31. The van der Waals surface area contributed by atoms with E-state index in [0.29, 0.717) is 11.6 Å². The summed E-state index contributed by atoms with van der Waals surface area (Å²) < 4.78 is 13.6. The minimum Gasteiger partial charge on any atom is -0.381 e. The van der Waals surface area contributed by atoms with E-state index in [1.165, 1.54) is 6.07 Å². The Morgan fingerprint density at radius 2 is 2.33 bits per heavy atom. The van der Waals surface area contributed by atoms with Crippen molar-refractivity contribution in [3.8, 4) is 0 Å². The monoisotopic (exact) mass is 208 g/mol. The second-order valence-corrected chi connectivity index (χ2v) is 4.16. The zero-order valence-corrected chi connectivity index (χ0v) is 9.26. The van der Waals surface area contributed by atoms with E-state index in [4.69, 9.17) is 0 Å². The molecule has 0 saturated carbocycles. The van der Waals surface area contributed by atoms with Gasteiger partial charge in [-0.1, -0.05) is 13.0 Å². The Morgan fingerprint density at radius 3 is 3.07 bits per heavy atom. The molecule has 0 amide bonds. The number of hydrogen-bond donors (Lipinski definition) is 1. The van der Waals surface area contributed by atoms with E-state index in [1.807, 2.05) is 6.07 Å². The maximum atomic E-state index is 13.6. The van der Waals surface area contributed by atoms with Crippen molar-refractivity contribution < 1.29 is 4.39 Å². The molecule has 1 aromatic rings. The fraction of sp³-hybridized carbons (Fsp3) is 0.500. The van der Waals surface area contributed by atoms with Crippen LogP contribution in [0.4, 0.5) is 15.8 Å². The Hall–Kier alpha value is -1.25. The highest BCUT2D eigenvalue weighted by molar-refractivity contribution is 5.71. The summed E-state index contributed by atoms with van der Waals surface area (Å²) in [4.78, 5) is 2.23. The van der Waals surface area contributed by atoms with Crippen LogP contribution in [0, 0.1) is 11.7 Å². The zero-order valence-electron chi connectivity index (χ0n) is 9.26. The Bertz CT molecular complexity index is 351. The van der Waals surface area contributed by atoms with Crippen LogP contribution in [0.15, 0.2) is 18.2 Å². The van der Waals surface area contributed by atoms with Gasteiger partial charge >= 0.3 is 0 Å². The Balaban J connectivity index is 2.42. The lowest BCUT2D eigenvalue weighted by Crippen LogP contribution is -2.28. The van der Waals surface area contributed by atoms with Gasteiger partial charge in [0.1, 0.15) is 5.82 Å². The second kappa shape index (κ2) is 4.09. The molecule has 0 spiro atoms. The van der Waals surface area contributed by atoms with Gasteiger partial charge in [0.2, 0.25) is 0 Å². The number of hydrogen-bond acceptors (Lipinski definition) is 2. The van der Waals surface area contributed by atoms with Crippen LogP contribution in [0.3, 0.4) is 0 Å². The number of fused-ring (bicyclic) bond motifs is 1. The Kier molecular flexibility index (Phi) is 2.80. The first kappa shape index (κ1) is 10.3. The van der Waals surface area contributed by atoms with Crippen LogP contribution in [0.25, 0.3) is 0 Å². The molecule has 1 aliphatic rings. The van der Waals surface area contributed by atoms with E-state index in [0.717, 1.165) is 25.3 Å². The van der Waals surface area contributed by atoms with Gasteiger partial charge in [0.05, 0.1) is 11.4 Å². The fourth-order valence-corrected chi connectivity index (χ4v) is 2.07. The number of para-hydroxylation sites is 1. The third kappa shape index (κ3) is 1.91. The van der Waals surface area contributed by atoms with Crippen molar-refractivity contribution in [1.29, 1.82) is 0 Å². The fourth-order valence-electron chi connectivity index (χ4n) is 2.07. The summed E-state index contributed by atoms with van der Waals surface area (Å²) in [5, 5.41) is 3.19. The van der Waals surface area contributed by atoms with E-state index in [2.05, 4.69) is 24.1 Å². The van der Waals surface area contributed by atoms with Crippen molar-refractivity contribution in [1.82, 2.24) is 0 Å². The molecule has 1 aliphatic heterocycles. The number of halogens is 1. The van der Waals surface area contributed by atoms with Crippen molar-refractivity contribution in [2.24, 2.45) is 5.92 Å². The predicted molar refractivity (Wildman–Crippen MR) is 61.9 cm³/mol. The maximum absolute atomic E-state index is 13.6. The number of nitrogens with one attached hydrogen (secondary N) is 1. The SMILES string of the molecule is CCN1CC(C)CNc2c(F)cccc21. The Morgan fingerprint density at radius 1 is 1.53 bits per heavy atom. The second-order valence-electron chi connectivity index (χ2n) is 4.16. The van der Waals surface area contributed by atoms with Crippen molar-refractivity contribution >= 4 is 11.4 Å². The molecule has 15 heavy (non-hydrogen) atoms. The smallest absolute Gasteiger partial charge is 0.148 e. The summed E-state index contributed by atoms with van der Waals surface area (Å²) in [6.07, 6.45) is 0. The van der Waals surface area contributed by atoms with Crippen molar-refractivity contribution in [3.63, 3.8) is 0 Å². The van der Waals surface area contributed by atoms with E-state index < -0.39 is 0 Å². The molecule has 0 saturated heterocycles. The molecule has 1 heterocycles. The number of benzene rings is 1. The van der Waals surface area contributed by atoms with Gasteiger partial charge in [-0.15, -0.1) is 0 Å². The lowest BCUT2D eigenvalue weighted by molar-refractivity contribution is 0.601. The molecule has 3 heteroatoms. The predicted octanol–water partition coefficient (Wildman–Crippen LogP) is 2.71. The van der Waals surface area contributed by atoms with Crippen LogP contribution >= 0.6 is 0 Å². The molecule has 1 N–H and O–H groups in total. The van der Waals surface area contributed by atoms with Gasteiger partial charge < -0.3 is 10.2 Å². The number of anilines is 2. The van der Waals surface area contributed by atoms with Gasteiger partial charge in [-0.25, -0.2) is 4.39 Å². The van der Waals surface area contributed by atoms with Crippen LogP contribution in [0.2, 0.25) is 0 Å². The summed E-state index contributed by atoms with van der Waals surface area (Å²) in [6.45, 7) is 7.03. The standard InChI is InChI=1S/C12H17FN2/c1-3-15-8-9(2)7-14-12-10(13)5-4-6-11(12)15/h4-6,9,14H,3,7-8H2,1-2H3. The summed E-state index contributed by atoms with van der Waals surface area (Å²) in [5.74, 6) is 0.386. The lowest BCUT2D eigenvalue weighted by Gasteiger charge is -2.24. The van der Waals surface area contributed by atoms with Gasteiger partial charge in [0.25, 0.3) is 0 Å². The molecule has 1 atom stereocenters. The minimum absolute atomic E-state index is 0.153. The molecule has 2 rings (SSSR count). The van der Waals surface area contributed by atoms with Gasteiger partial charge in [-0.2, -0.15) is 0 Å². The summed E-state index contributed by atoms with van der Waals surface area (Å²) in [5.41, 5.74) is 1.64. The molecule has 1 unspecified atom stereocenters. The van der Waals surface area contributed by atoms with Gasteiger partial charge in [-0.3, -0.25) is 0 Å². The lowest BCUT2D eigenvalue weighted by atomic mass is 10.2. The molecular weight excluding hydrogens is 191 g/mol. The largest absolute Gasteiger partial charge is 0.381 e. The van der Waals surface area contributed by atoms with Crippen LogP contribution in [-0.4, -0.2) is 19.6 Å². The first-order chi connectivity index (χ1) is 7.22. The zero-order chi connectivity index (χ0) is 10.8. The molecule has 2 nitrogen and oxygen atoms in total. The van der Waals surface area contributed by atoms with Crippen molar-refractivity contribution in [2.75, 3.05) is 29.9 Å². The average Bonchev–Trinajstić information content (AvgIpc) is 2.39. The van der Waals surface area contributed by atoms with Crippen LogP contribution in [-0.2, 0) is 0 Å². The summed E-state index contributed by atoms with van der Waals surface area (Å²) >= 11 is 0. The molecular formula is C12H17FN2. The summed E-state index contributed by atoms with van der Waals surface area (Å²) in [6, 6.07) is 5.26. The molecule has 0 radical (unpaired) electrons. The highest BCUT2D eigenvalue weighted by atomic mass is 19.1. The number of rotatable bonds is 1. The molecule has 0 aliphatic carbocycles. The van der Waals surface area contributed by atoms with Crippen molar-refractivity contribution in [2.45, 2.75) is 13.8 Å². The maximum Gasteiger partial charge on any atom is 0.148 e. The van der Waals surface area contributed by atoms with Crippen LogP contribution in [0.1, 0.15) is 13.8 Å². The van der Waals surface area contributed by atoms with Gasteiger partial charge in [0.15, 0.2) is 0 Å². The normalized spacial score (nSPS) is 20.5. The quantitative estimate of drug-likeness (QED) is 0.763. The minimum atomic E-state index is -0.153. The molecule has 0 bridgehead atoms. The Labute approximate surface area is 90.1 Å². The topological polar surface area (TPSA) is 15.3 Å². The van der Waals surface area contributed by atoms with E-state index >= 15 is 0 Å². The van der Waals surface area contributed by atoms with E-state index in [9.17, 15) is 4.39 Å². The van der Waals surface area contributed by atoms with E-state index in [-0.39, 0.29) is 5.82 Å². The third-order valence-electron chi connectivity index (χ3n) is 2.87. The molecule has 0 aromatic heterocycles. The van der Waals surface area contributed by atoms with Gasteiger partial charge in [-0.05, 0) is 25.0 Å². The van der Waals surface area contributed by atoms with E-state index in [1.54, 1.807) is 6.07 Å². The first-order valence-corrected chi connectivity index (χ1v) is 5.49. The van der Waals surface area contributed by atoms with Crippen molar-refractivity contribution in [3.05, 3.63) is 24.0 Å². The number of nitrogens with zero attached hydrogens (tertiary/aromatic N) is 1. The first-order valence-electron chi connectivity index (χ1n) is 5.49. The molecule has 1 aromatic carbocycles. The average molecular weight is 208 g/mol. The highest BCUT2D eigenvalue weighted by Gasteiger charge is 2.19. The summed E-state index contributed by atoms with van der Waals surface area (Å²) in [7, 11) is 0.